The van der Waals surface area contributed by atoms with Crippen LogP contribution in [-0.4, -0.2) is 17.1 Å². The second-order valence-corrected chi connectivity index (χ2v) is 8.47. The van der Waals surface area contributed by atoms with Gasteiger partial charge in [-0.1, -0.05) is 47.7 Å². The molecule has 3 aromatic carbocycles. The Labute approximate surface area is 188 Å². The number of ketones is 1. The summed E-state index contributed by atoms with van der Waals surface area (Å²) in [6.45, 7) is 0. The number of Topliss-reactive ketones (excluding diaryl/α,β-unsaturated/α-hetero) is 1. The fraction of sp³-hybridized carbons (Fsp3) is 0.0800. The first-order valence-corrected chi connectivity index (χ1v) is 11.0. The van der Waals surface area contributed by atoms with Gasteiger partial charge in [0.1, 0.15) is 10.7 Å². The smallest absolute Gasteiger partial charge is 0.205 e. The van der Waals surface area contributed by atoms with Crippen molar-refractivity contribution >= 4 is 40.1 Å². The molecule has 1 heterocycles. The van der Waals surface area contributed by atoms with E-state index in [2.05, 4.69) is 16.6 Å². The van der Waals surface area contributed by atoms with Gasteiger partial charge >= 0.3 is 0 Å². The van der Waals surface area contributed by atoms with E-state index in [-0.39, 0.29) is 10.7 Å². The van der Waals surface area contributed by atoms with E-state index in [0.717, 1.165) is 16.9 Å². The Morgan fingerprint density at radius 3 is 2.65 bits per heavy atom. The van der Waals surface area contributed by atoms with E-state index in [1.165, 1.54) is 0 Å². The van der Waals surface area contributed by atoms with Crippen LogP contribution in [0.25, 0.3) is 6.08 Å². The summed E-state index contributed by atoms with van der Waals surface area (Å²) >= 11 is 6.02. The van der Waals surface area contributed by atoms with Crippen molar-refractivity contribution in [2.45, 2.75) is 6.42 Å². The minimum absolute atomic E-state index is 0.179. The van der Waals surface area contributed by atoms with Gasteiger partial charge < -0.3 is 9.46 Å². The molecule has 0 saturated heterocycles. The topological polar surface area (TPSA) is 55.4 Å². The molecular formula is C25H18ClNO3S. The van der Waals surface area contributed by atoms with Crippen molar-refractivity contribution in [3.05, 3.63) is 98.9 Å². The second-order valence-electron chi connectivity index (χ2n) is 6.85. The number of ether oxygens (including phenoxy) is 1. The Hall–Kier alpha value is -3.33. The summed E-state index contributed by atoms with van der Waals surface area (Å²) in [5.41, 5.74) is 3.49. The number of fused-ring (bicyclic) bond motifs is 1. The van der Waals surface area contributed by atoms with Gasteiger partial charge in [0.15, 0.2) is 11.0 Å². The predicted octanol–water partition coefficient (Wildman–Crippen LogP) is 5.26. The Balaban J connectivity index is 1.58. The highest BCUT2D eigenvalue weighted by atomic mass is 35.5. The van der Waals surface area contributed by atoms with Crippen molar-refractivity contribution in [2.24, 2.45) is 0 Å². The molecular weight excluding hydrogens is 430 g/mol. The van der Waals surface area contributed by atoms with Crippen molar-refractivity contribution in [2.75, 3.05) is 11.8 Å². The van der Waals surface area contributed by atoms with Crippen LogP contribution in [0.5, 0.6) is 5.75 Å². The van der Waals surface area contributed by atoms with Gasteiger partial charge in [0.25, 0.3) is 0 Å². The lowest BCUT2D eigenvalue weighted by atomic mass is 10.0. The van der Waals surface area contributed by atoms with E-state index in [1.54, 1.807) is 49.6 Å². The molecule has 4 nitrogen and oxygen atoms in total. The van der Waals surface area contributed by atoms with Crippen LogP contribution in [0.1, 0.15) is 27.0 Å². The third kappa shape index (κ3) is 4.88. The Morgan fingerprint density at radius 2 is 1.90 bits per heavy atom. The molecule has 0 radical (unpaired) electrons. The molecule has 6 heteroatoms. The van der Waals surface area contributed by atoms with E-state index in [4.69, 9.17) is 16.3 Å². The molecule has 154 valence electrons. The minimum Gasteiger partial charge on any atom is -0.497 e. The summed E-state index contributed by atoms with van der Waals surface area (Å²) in [5, 5.41) is 0.547. The lowest BCUT2D eigenvalue weighted by molar-refractivity contribution is 0.104. The summed E-state index contributed by atoms with van der Waals surface area (Å²) in [6, 6.07) is 20.1. The number of hydrogen-bond donors (Lipinski definition) is 1. The summed E-state index contributed by atoms with van der Waals surface area (Å²) in [7, 11) is -0.0129. The van der Waals surface area contributed by atoms with Gasteiger partial charge in [-0.2, -0.15) is 0 Å². The van der Waals surface area contributed by atoms with Gasteiger partial charge in [-0.25, -0.2) is 4.21 Å². The van der Waals surface area contributed by atoms with Crippen molar-refractivity contribution in [1.29, 1.82) is 0 Å². The maximum Gasteiger partial charge on any atom is 0.205 e. The molecule has 0 bridgehead atoms. The van der Waals surface area contributed by atoms with E-state index in [9.17, 15) is 9.00 Å². The van der Waals surface area contributed by atoms with Crippen molar-refractivity contribution < 1.29 is 13.7 Å². The summed E-state index contributed by atoms with van der Waals surface area (Å²) < 4.78 is 20.6. The monoisotopic (exact) mass is 447 g/mol. The molecule has 0 aliphatic carbocycles. The number of allylic oxidation sites excluding steroid dienone is 1. The number of anilines is 1. The normalized spacial score (nSPS) is 16.1. The third-order valence-corrected chi connectivity index (χ3v) is 6.06. The van der Waals surface area contributed by atoms with Crippen LogP contribution in [0, 0.1) is 11.8 Å². The fourth-order valence-corrected chi connectivity index (χ4v) is 4.34. The molecule has 1 unspecified atom stereocenters. The number of rotatable bonds is 3. The fourth-order valence-electron chi connectivity index (χ4n) is 3.13. The molecule has 0 fully saturated rings. The van der Waals surface area contributed by atoms with Crippen molar-refractivity contribution in [3.8, 4) is 17.6 Å². The van der Waals surface area contributed by atoms with Crippen LogP contribution in [0.3, 0.4) is 0 Å². The average Bonchev–Trinajstić information content (AvgIpc) is 2.77. The first-order valence-electron chi connectivity index (χ1n) is 9.50. The number of nitrogens with one attached hydrogen (secondary N) is 1. The van der Waals surface area contributed by atoms with Gasteiger partial charge in [-0.05, 0) is 59.7 Å². The molecule has 0 saturated carbocycles. The van der Waals surface area contributed by atoms with Crippen molar-refractivity contribution in [1.82, 2.24) is 0 Å². The largest absolute Gasteiger partial charge is 0.497 e. The molecule has 4 rings (SSSR count). The van der Waals surface area contributed by atoms with Crippen LogP contribution in [-0.2, 0) is 17.4 Å². The van der Waals surface area contributed by atoms with Crippen LogP contribution in [0.4, 0.5) is 5.69 Å². The first kappa shape index (κ1) is 20.9. The summed E-state index contributed by atoms with van der Waals surface area (Å²) in [4.78, 5) is 13.2. The second kappa shape index (κ2) is 9.22. The van der Waals surface area contributed by atoms with E-state index < -0.39 is 11.0 Å². The molecule has 3 aromatic rings. The molecule has 1 aliphatic rings. The summed E-state index contributed by atoms with van der Waals surface area (Å²) in [6.07, 6.45) is 2.18. The average molecular weight is 448 g/mol. The maximum atomic E-state index is 13.0. The van der Waals surface area contributed by atoms with Gasteiger partial charge in [0, 0.05) is 22.6 Å². The summed E-state index contributed by atoms with van der Waals surface area (Å²) in [5.74, 6) is 6.75. The number of hydrogen-bond acceptors (Lipinski definition) is 3. The molecule has 0 amide bonds. The highest BCUT2D eigenvalue weighted by molar-refractivity contribution is 7.91. The Kier molecular flexibility index (Phi) is 6.22. The zero-order chi connectivity index (χ0) is 21.8. The maximum absolute atomic E-state index is 13.0. The van der Waals surface area contributed by atoms with Gasteiger partial charge in [-0.3, -0.25) is 4.79 Å². The van der Waals surface area contributed by atoms with Gasteiger partial charge in [0.05, 0.1) is 12.8 Å². The van der Waals surface area contributed by atoms with Crippen LogP contribution < -0.4 is 9.46 Å². The Morgan fingerprint density at radius 1 is 1.10 bits per heavy atom. The minimum atomic E-state index is -1.64. The molecule has 1 N–H and O–H groups in total. The quantitative estimate of drug-likeness (QED) is 0.440. The molecule has 0 aromatic heterocycles. The van der Waals surface area contributed by atoms with Crippen molar-refractivity contribution in [3.63, 3.8) is 0 Å². The zero-order valence-electron chi connectivity index (χ0n) is 16.6. The number of carbonyl (C=O) groups is 1. The third-order valence-electron chi connectivity index (χ3n) is 4.72. The van der Waals surface area contributed by atoms with E-state index in [1.807, 2.05) is 30.3 Å². The van der Waals surface area contributed by atoms with Gasteiger partial charge in [0.2, 0.25) is 5.78 Å². The SMILES string of the molecule is COc1ccc(CC#Cc2ccc3c(c2)C(=O)/C(=C\c2cccc(Cl)c2)S(=O)N3)cc1. The highest BCUT2D eigenvalue weighted by Crippen LogP contribution is 2.29. The standard InChI is InChI=1S/C25H18ClNO3S/c1-30-21-11-8-17(9-12-21)4-2-5-18-10-13-23-22(15-18)25(28)24(31(29)27-23)16-19-6-3-7-20(26)14-19/h3,6-16,27H,4H2,1H3/b24-16+. The molecule has 31 heavy (non-hydrogen) atoms. The number of halogens is 1. The van der Waals surface area contributed by atoms with Crippen LogP contribution in [0.2, 0.25) is 5.02 Å². The lowest BCUT2D eigenvalue weighted by Gasteiger charge is -2.19. The molecule has 1 atom stereocenters. The zero-order valence-corrected chi connectivity index (χ0v) is 18.2. The molecule has 1 aliphatic heterocycles. The number of benzene rings is 3. The van der Waals surface area contributed by atoms with E-state index >= 15 is 0 Å². The van der Waals surface area contributed by atoms with Crippen LogP contribution >= 0.6 is 11.6 Å². The number of methoxy groups -OCH3 is 1. The highest BCUT2D eigenvalue weighted by Gasteiger charge is 2.27. The number of carbonyl (C=O) groups excluding carboxylic acids is 1. The molecule has 0 spiro atoms. The first-order chi connectivity index (χ1) is 15.0. The van der Waals surface area contributed by atoms with E-state index in [0.29, 0.717) is 28.3 Å². The van der Waals surface area contributed by atoms with Crippen LogP contribution in [0.15, 0.2) is 71.6 Å². The lowest BCUT2D eigenvalue weighted by Crippen LogP contribution is -2.22. The Bertz CT molecular complexity index is 1270. The van der Waals surface area contributed by atoms with Gasteiger partial charge in [-0.15, -0.1) is 0 Å². The predicted molar refractivity (Wildman–Crippen MR) is 126 cm³/mol.